The molecule has 4 aromatic rings. The summed E-state index contributed by atoms with van der Waals surface area (Å²) >= 11 is 1.27. The number of carbonyl (C=O) groups is 5. The minimum Gasteiger partial charge on any atom is -0.445 e. The van der Waals surface area contributed by atoms with Gasteiger partial charge in [-0.15, -0.1) is 11.3 Å². The number of amides is 5. The van der Waals surface area contributed by atoms with Crippen molar-refractivity contribution in [2.45, 2.75) is 83.1 Å². The lowest BCUT2D eigenvalue weighted by Crippen LogP contribution is -2.58. The topological polar surface area (TPSA) is 159 Å². The van der Waals surface area contributed by atoms with Crippen LogP contribution in [0.15, 0.2) is 96.4 Å². The molecule has 55 heavy (non-hydrogen) atoms. The van der Waals surface area contributed by atoms with Crippen LogP contribution in [-0.4, -0.2) is 71.3 Å². The van der Waals surface area contributed by atoms with Crippen molar-refractivity contribution >= 4 is 41.1 Å². The van der Waals surface area contributed by atoms with Gasteiger partial charge in [0.1, 0.15) is 35.4 Å². The number of likely N-dealkylation sites (N-methyl/N-ethyl adjacent to an activating group) is 1. The molecule has 1 aliphatic rings. The Labute approximate surface area is 326 Å². The molecular formula is C42H50N6O6S. The van der Waals surface area contributed by atoms with E-state index in [1.165, 1.54) is 16.2 Å². The first-order valence-corrected chi connectivity index (χ1v) is 19.6. The Kier molecular flexibility index (Phi) is 14.9. The summed E-state index contributed by atoms with van der Waals surface area (Å²) in [5, 5.41) is 14.0. The molecule has 4 N–H and O–H groups in total. The predicted molar refractivity (Wildman–Crippen MR) is 211 cm³/mol. The summed E-state index contributed by atoms with van der Waals surface area (Å²) < 4.78 is 5.31. The largest absolute Gasteiger partial charge is 0.445 e. The second-order valence-electron chi connectivity index (χ2n) is 14.2. The van der Waals surface area contributed by atoms with Gasteiger partial charge in [0.15, 0.2) is 0 Å². The Morgan fingerprint density at radius 3 is 1.96 bits per heavy atom. The van der Waals surface area contributed by atoms with E-state index in [0.29, 0.717) is 30.8 Å². The lowest BCUT2D eigenvalue weighted by atomic mass is 10.0. The highest BCUT2D eigenvalue weighted by molar-refractivity contribution is 7.09. The molecule has 290 valence electrons. The standard InChI is InChI=1S/C42H50N6O6S/c1-28(2)23-34-40-47-35(27-55-40)41(52)48(3)36(25-30-17-9-5-10-18-30)39(51)45-33(24-29-15-7-4-8-16-29)38(50)44-32(37(49)46-34)21-13-14-22-43-42(53)54-26-31-19-11-6-12-20-31/h4-12,15-20,27-28,32-34,36H,13-14,21-26H2,1-3H3,(H,43,53)(H,44,50)(H,45,51)(H,46,49)/t32-,33-,34-,36+/m0/s1. The van der Waals surface area contributed by atoms with Gasteiger partial charge in [-0.25, -0.2) is 9.78 Å². The van der Waals surface area contributed by atoms with Crippen molar-refractivity contribution in [1.29, 1.82) is 0 Å². The fourth-order valence-electron chi connectivity index (χ4n) is 6.38. The van der Waals surface area contributed by atoms with Crippen LogP contribution >= 0.6 is 11.3 Å². The monoisotopic (exact) mass is 766 g/mol. The third-order valence-corrected chi connectivity index (χ3v) is 10.3. The second-order valence-corrected chi connectivity index (χ2v) is 15.1. The molecular weight excluding hydrogens is 717 g/mol. The fourth-order valence-corrected chi connectivity index (χ4v) is 7.24. The molecule has 2 heterocycles. The zero-order valence-electron chi connectivity index (χ0n) is 31.5. The molecule has 13 heteroatoms. The third kappa shape index (κ3) is 12.2. The second kappa shape index (κ2) is 20.2. The van der Waals surface area contributed by atoms with E-state index in [1.807, 2.05) is 105 Å². The maximum absolute atomic E-state index is 14.2. The Morgan fingerprint density at radius 2 is 1.33 bits per heavy atom. The van der Waals surface area contributed by atoms with Gasteiger partial charge in [-0.05, 0) is 48.3 Å². The molecule has 0 saturated heterocycles. The predicted octanol–water partition coefficient (Wildman–Crippen LogP) is 5.35. The van der Waals surface area contributed by atoms with E-state index < -0.39 is 53.9 Å². The third-order valence-electron chi connectivity index (χ3n) is 9.38. The molecule has 0 radical (unpaired) electrons. The van der Waals surface area contributed by atoms with E-state index in [2.05, 4.69) is 26.3 Å². The molecule has 1 aromatic heterocycles. The van der Waals surface area contributed by atoms with Crippen LogP contribution < -0.4 is 21.3 Å². The number of carbonyl (C=O) groups excluding carboxylic acids is 5. The van der Waals surface area contributed by atoms with Gasteiger partial charge >= 0.3 is 6.09 Å². The minimum atomic E-state index is -1.06. The molecule has 4 atom stereocenters. The van der Waals surface area contributed by atoms with Crippen molar-refractivity contribution < 1.29 is 28.7 Å². The lowest BCUT2D eigenvalue weighted by molar-refractivity contribution is -0.133. The zero-order valence-corrected chi connectivity index (χ0v) is 32.3. The smallest absolute Gasteiger partial charge is 0.407 e. The lowest BCUT2D eigenvalue weighted by Gasteiger charge is -2.29. The maximum atomic E-state index is 14.2. The Hall–Kier alpha value is -5.56. The normalized spacial score (nSPS) is 19.5. The average molecular weight is 767 g/mol. The number of hydrogen-bond acceptors (Lipinski definition) is 8. The number of fused-ring (bicyclic) bond motifs is 2. The van der Waals surface area contributed by atoms with Gasteiger partial charge < -0.3 is 30.9 Å². The highest BCUT2D eigenvalue weighted by Gasteiger charge is 2.35. The number of nitrogens with one attached hydrogen (secondary N) is 4. The number of aromatic nitrogens is 1. The van der Waals surface area contributed by atoms with Crippen LogP contribution in [0.1, 0.15) is 77.8 Å². The highest BCUT2D eigenvalue weighted by atomic mass is 32.1. The van der Waals surface area contributed by atoms with Crippen LogP contribution in [0.25, 0.3) is 0 Å². The minimum absolute atomic E-state index is 0.150. The van der Waals surface area contributed by atoms with E-state index in [4.69, 9.17) is 4.74 Å². The molecule has 5 rings (SSSR count). The number of unbranched alkanes of at least 4 members (excludes halogenated alkanes) is 1. The SMILES string of the molecule is CC(C)C[C@@H]1NC(=O)[C@H](CCCCNC(=O)OCc2ccccc2)NC(=O)[C@H](Cc2ccccc2)NC(=O)[C@@H](Cc2ccccc2)N(C)C(=O)c2csc1n2. The van der Waals surface area contributed by atoms with E-state index in [1.54, 1.807) is 12.4 Å². The van der Waals surface area contributed by atoms with Gasteiger partial charge in [0, 0.05) is 31.8 Å². The number of nitrogens with zero attached hydrogens (tertiary/aromatic N) is 2. The average Bonchev–Trinajstić information content (AvgIpc) is 3.68. The molecule has 0 unspecified atom stereocenters. The van der Waals surface area contributed by atoms with E-state index in [-0.39, 0.29) is 37.5 Å². The molecule has 0 fully saturated rings. The van der Waals surface area contributed by atoms with Crippen LogP contribution in [0.4, 0.5) is 4.79 Å². The summed E-state index contributed by atoms with van der Waals surface area (Å²) in [5.41, 5.74) is 2.70. The van der Waals surface area contributed by atoms with Crippen molar-refractivity contribution in [2.75, 3.05) is 13.6 Å². The fraction of sp³-hybridized carbons (Fsp3) is 0.381. The van der Waals surface area contributed by atoms with Crippen molar-refractivity contribution in [3.05, 3.63) is 124 Å². The summed E-state index contributed by atoms with van der Waals surface area (Å²) in [6.07, 6.45) is 1.64. The number of ether oxygens (including phenoxy) is 1. The first-order valence-electron chi connectivity index (χ1n) is 18.7. The Morgan fingerprint density at radius 1 is 0.764 bits per heavy atom. The van der Waals surface area contributed by atoms with Gasteiger partial charge in [0.05, 0.1) is 6.04 Å². The quantitative estimate of drug-likeness (QED) is 0.134. The molecule has 0 saturated carbocycles. The number of alkyl carbamates (subject to hydrolysis) is 1. The maximum Gasteiger partial charge on any atom is 0.407 e. The number of thiazole rings is 1. The summed E-state index contributed by atoms with van der Waals surface area (Å²) in [4.78, 5) is 74.9. The summed E-state index contributed by atoms with van der Waals surface area (Å²) in [6.45, 7) is 4.53. The van der Waals surface area contributed by atoms with Crippen LogP contribution in [0, 0.1) is 5.92 Å². The van der Waals surface area contributed by atoms with Crippen molar-refractivity contribution in [1.82, 2.24) is 31.2 Å². The van der Waals surface area contributed by atoms with Crippen molar-refractivity contribution in [2.24, 2.45) is 5.92 Å². The molecule has 0 aliphatic carbocycles. The van der Waals surface area contributed by atoms with E-state index in [0.717, 1.165) is 16.7 Å². The zero-order chi connectivity index (χ0) is 39.2. The molecule has 2 bridgehead atoms. The number of hydrogen-bond donors (Lipinski definition) is 4. The Bertz CT molecular complexity index is 1870. The molecule has 3 aromatic carbocycles. The summed E-state index contributed by atoms with van der Waals surface area (Å²) in [6, 6.07) is 24.6. The van der Waals surface area contributed by atoms with Gasteiger partial charge in [0.2, 0.25) is 17.7 Å². The molecule has 1 aliphatic heterocycles. The van der Waals surface area contributed by atoms with E-state index >= 15 is 0 Å². The van der Waals surface area contributed by atoms with Crippen LogP contribution in [-0.2, 0) is 38.6 Å². The van der Waals surface area contributed by atoms with Crippen LogP contribution in [0.5, 0.6) is 0 Å². The van der Waals surface area contributed by atoms with Crippen LogP contribution in [0.2, 0.25) is 0 Å². The van der Waals surface area contributed by atoms with Gasteiger partial charge in [-0.1, -0.05) is 105 Å². The van der Waals surface area contributed by atoms with Crippen molar-refractivity contribution in [3.8, 4) is 0 Å². The summed E-state index contributed by atoms with van der Waals surface area (Å²) in [7, 11) is 1.57. The number of benzene rings is 3. The van der Waals surface area contributed by atoms with Gasteiger partial charge in [0.25, 0.3) is 5.91 Å². The van der Waals surface area contributed by atoms with Gasteiger partial charge in [-0.2, -0.15) is 0 Å². The first kappa shape index (κ1) is 40.6. The van der Waals surface area contributed by atoms with Crippen molar-refractivity contribution in [3.63, 3.8) is 0 Å². The van der Waals surface area contributed by atoms with E-state index in [9.17, 15) is 24.0 Å². The Balaban J connectivity index is 1.39. The molecule has 0 spiro atoms. The first-order chi connectivity index (χ1) is 26.6. The number of rotatable bonds is 13. The van der Waals surface area contributed by atoms with Gasteiger partial charge in [-0.3, -0.25) is 19.2 Å². The molecule has 12 nitrogen and oxygen atoms in total. The molecule has 5 amide bonds. The summed E-state index contributed by atoms with van der Waals surface area (Å²) in [5.74, 6) is -1.71. The van der Waals surface area contributed by atoms with Crippen LogP contribution in [0.3, 0.4) is 0 Å². The highest BCUT2D eigenvalue weighted by Crippen LogP contribution is 2.26.